The van der Waals surface area contributed by atoms with Crippen molar-refractivity contribution in [3.05, 3.63) is 65.0 Å². The van der Waals surface area contributed by atoms with Gasteiger partial charge in [-0.05, 0) is 24.3 Å². The Kier molecular flexibility index (Phi) is 5.12. The van der Waals surface area contributed by atoms with E-state index >= 15 is 0 Å². The van der Waals surface area contributed by atoms with Crippen molar-refractivity contribution in [1.29, 1.82) is 0 Å². The molecule has 0 saturated heterocycles. The minimum atomic E-state index is -1.76. The van der Waals surface area contributed by atoms with Gasteiger partial charge in [0.2, 0.25) is 5.91 Å². The Bertz CT molecular complexity index is 790. The van der Waals surface area contributed by atoms with E-state index in [4.69, 9.17) is 0 Å². The van der Waals surface area contributed by atoms with Crippen molar-refractivity contribution in [3.8, 4) is 0 Å². The van der Waals surface area contributed by atoms with Crippen LogP contribution in [-0.4, -0.2) is 18.4 Å². The van der Waals surface area contributed by atoms with E-state index in [-0.39, 0.29) is 5.56 Å². The smallest absolute Gasteiger partial charge is 0.251 e. The Balaban J connectivity index is 1.98. The first-order valence-electron chi connectivity index (χ1n) is 6.45. The van der Waals surface area contributed by atoms with Crippen molar-refractivity contribution in [3.63, 3.8) is 0 Å². The number of amides is 2. The highest BCUT2D eigenvalue weighted by Gasteiger charge is 2.16. The summed E-state index contributed by atoms with van der Waals surface area (Å²) >= 11 is 0. The summed E-state index contributed by atoms with van der Waals surface area (Å²) in [6.07, 6.45) is 0. The molecular weight excluding hydrogens is 335 g/mol. The number of carbonyl (C=O) groups is 2. The molecule has 2 N–H and O–H groups in total. The summed E-state index contributed by atoms with van der Waals surface area (Å²) in [5.41, 5.74) is -0.982. The summed E-state index contributed by atoms with van der Waals surface area (Å²) in [6, 6.07) is 3.49. The van der Waals surface area contributed by atoms with E-state index in [1.54, 1.807) is 0 Å². The predicted molar refractivity (Wildman–Crippen MR) is 73.6 cm³/mol. The second-order valence-electron chi connectivity index (χ2n) is 4.61. The Morgan fingerprint density at radius 2 is 1.50 bits per heavy atom. The zero-order chi connectivity index (χ0) is 17.9. The third kappa shape index (κ3) is 4.06. The molecule has 0 bridgehead atoms. The van der Waals surface area contributed by atoms with E-state index in [2.05, 4.69) is 0 Å². The van der Waals surface area contributed by atoms with Crippen LogP contribution in [0.2, 0.25) is 0 Å². The molecule has 0 aromatic heterocycles. The van der Waals surface area contributed by atoms with Gasteiger partial charge in [-0.3, -0.25) is 9.59 Å². The zero-order valence-corrected chi connectivity index (χ0v) is 11.8. The normalized spacial score (nSPS) is 10.4. The van der Waals surface area contributed by atoms with Crippen LogP contribution in [-0.2, 0) is 4.79 Å². The fraction of sp³-hybridized carbons (Fsp3) is 0.0667. The van der Waals surface area contributed by atoms with Gasteiger partial charge in [-0.15, -0.1) is 0 Å². The molecule has 9 heteroatoms. The molecule has 2 aromatic carbocycles. The number of hydrogen-bond acceptors (Lipinski definition) is 2. The highest BCUT2D eigenvalue weighted by atomic mass is 19.2. The molecule has 24 heavy (non-hydrogen) atoms. The molecule has 4 nitrogen and oxygen atoms in total. The van der Waals surface area contributed by atoms with Crippen molar-refractivity contribution >= 4 is 17.5 Å². The van der Waals surface area contributed by atoms with Gasteiger partial charge >= 0.3 is 0 Å². The molecule has 0 heterocycles. The molecule has 0 saturated carbocycles. The second-order valence-corrected chi connectivity index (χ2v) is 4.61. The molecule has 0 fully saturated rings. The molecule has 2 rings (SSSR count). The molecular formula is C15H9F5N2O2. The molecule has 2 amide bonds. The Hall–Kier alpha value is -2.97. The fourth-order valence-electron chi connectivity index (χ4n) is 1.76. The predicted octanol–water partition coefficient (Wildman–Crippen LogP) is 2.75. The van der Waals surface area contributed by atoms with Gasteiger partial charge in [0.15, 0.2) is 17.5 Å². The van der Waals surface area contributed by atoms with Crippen LogP contribution in [0.5, 0.6) is 0 Å². The zero-order valence-electron chi connectivity index (χ0n) is 11.8. The lowest BCUT2D eigenvalue weighted by atomic mass is 10.2. The number of anilines is 1. The monoisotopic (exact) mass is 344 g/mol. The van der Waals surface area contributed by atoms with Crippen LogP contribution < -0.4 is 10.6 Å². The SMILES string of the molecule is O=C(CNC(=O)c1cc(F)cc(F)c1)Nc1ccc(F)c(F)c1F. The van der Waals surface area contributed by atoms with Gasteiger partial charge in [-0.1, -0.05) is 0 Å². The third-order valence-corrected chi connectivity index (χ3v) is 2.84. The first-order chi connectivity index (χ1) is 11.3. The largest absolute Gasteiger partial charge is 0.343 e. The number of carbonyl (C=O) groups excluding carboxylic acids is 2. The van der Waals surface area contributed by atoms with E-state index in [0.29, 0.717) is 12.1 Å². The third-order valence-electron chi connectivity index (χ3n) is 2.84. The van der Waals surface area contributed by atoms with E-state index in [1.807, 2.05) is 10.6 Å². The summed E-state index contributed by atoms with van der Waals surface area (Å²) in [7, 11) is 0. The van der Waals surface area contributed by atoms with Crippen LogP contribution in [0.4, 0.5) is 27.6 Å². The maximum absolute atomic E-state index is 13.4. The van der Waals surface area contributed by atoms with E-state index in [1.165, 1.54) is 0 Å². The summed E-state index contributed by atoms with van der Waals surface area (Å²) in [5, 5.41) is 3.97. The van der Waals surface area contributed by atoms with E-state index in [0.717, 1.165) is 18.2 Å². The van der Waals surface area contributed by atoms with E-state index in [9.17, 15) is 31.5 Å². The molecule has 0 aliphatic heterocycles. The molecule has 2 aromatic rings. The van der Waals surface area contributed by atoms with Gasteiger partial charge in [0.25, 0.3) is 5.91 Å². The van der Waals surface area contributed by atoms with Crippen LogP contribution in [0.3, 0.4) is 0 Å². The average molecular weight is 344 g/mol. The topological polar surface area (TPSA) is 58.2 Å². The van der Waals surface area contributed by atoms with Gasteiger partial charge in [0.1, 0.15) is 11.6 Å². The first kappa shape index (κ1) is 17.4. The summed E-state index contributed by atoms with van der Waals surface area (Å²) < 4.78 is 65.1. The lowest BCUT2D eigenvalue weighted by Crippen LogP contribution is -2.33. The molecule has 126 valence electrons. The Morgan fingerprint density at radius 1 is 0.875 bits per heavy atom. The number of rotatable bonds is 4. The van der Waals surface area contributed by atoms with Crippen LogP contribution >= 0.6 is 0 Å². The molecule has 0 aliphatic rings. The van der Waals surface area contributed by atoms with Crippen molar-refractivity contribution < 1.29 is 31.5 Å². The summed E-state index contributed by atoms with van der Waals surface area (Å²) in [4.78, 5) is 23.2. The van der Waals surface area contributed by atoms with Gasteiger partial charge in [0, 0.05) is 11.6 Å². The first-order valence-corrected chi connectivity index (χ1v) is 6.45. The van der Waals surface area contributed by atoms with Gasteiger partial charge in [-0.25, -0.2) is 22.0 Å². The quantitative estimate of drug-likeness (QED) is 0.662. The molecule has 0 atom stereocenters. The Morgan fingerprint density at radius 3 is 2.12 bits per heavy atom. The second kappa shape index (κ2) is 7.07. The van der Waals surface area contributed by atoms with Crippen LogP contribution in [0, 0.1) is 29.1 Å². The number of hydrogen-bond donors (Lipinski definition) is 2. The molecule has 0 spiro atoms. The van der Waals surface area contributed by atoms with Crippen LogP contribution in [0.1, 0.15) is 10.4 Å². The lowest BCUT2D eigenvalue weighted by Gasteiger charge is -2.08. The number of benzene rings is 2. The lowest BCUT2D eigenvalue weighted by molar-refractivity contribution is -0.115. The van der Waals surface area contributed by atoms with E-state index < -0.39 is 53.1 Å². The summed E-state index contributed by atoms with van der Waals surface area (Å²) in [6.45, 7) is -0.685. The van der Waals surface area contributed by atoms with Gasteiger partial charge in [-0.2, -0.15) is 0 Å². The van der Waals surface area contributed by atoms with Crippen LogP contribution in [0.15, 0.2) is 30.3 Å². The summed E-state index contributed by atoms with van der Waals surface area (Å²) in [5.74, 6) is -8.64. The minimum Gasteiger partial charge on any atom is -0.343 e. The standard InChI is InChI=1S/C15H9F5N2O2/c16-8-3-7(4-9(17)5-8)15(24)21-6-12(23)22-11-2-1-10(18)13(19)14(11)20/h1-5H,6H2,(H,21,24)(H,22,23). The fourth-order valence-corrected chi connectivity index (χ4v) is 1.76. The average Bonchev–Trinajstić information content (AvgIpc) is 2.52. The van der Waals surface area contributed by atoms with Gasteiger partial charge < -0.3 is 10.6 Å². The van der Waals surface area contributed by atoms with Crippen molar-refractivity contribution in [2.75, 3.05) is 11.9 Å². The van der Waals surface area contributed by atoms with Crippen molar-refractivity contribution in [2.45, 2.75) is 0 Å². The van der Waals surface area contributed by atoms with Crippen molar-refractivity contribution in [2.24, 2.45) is 0 Å². The minimum absolute atomic E-state index is 0.362. The highest BCUT2D eigenvalue weighted by molar-refractivity contribution is 5.99. The van der Waals surface area contributed by atoms with Crippen molar-refractivity contribution in [1.82, 2.24) is 5.32 Å². The molecule has 0 aliphatic carbocycles. The highest BCUT2D eigenvalue weighted by Crippen LogP contribution is 2.19. The number of nitrogens with one attached hydrogen (secondary N) is 2. The van der Waals surface area contributed by atoms with Crippen LogP contribution in [0.25, 0.3) is 0 Å². The maximum atomic E-state index is 13.4. The molecule has 0 radical (unpaired) electrons. The number of halogens is 5. The Labute approximate surface area is 132 Å². The maximum Gasteiger partial charge on any atom is 0.251 e. The van der Waals surface area contributed by atoms with Gasteiger partial charge in [0.05, 0.1) is 12.2 Å². The molecule has 0 unspecified atom stereocenters.